The summed E-state index contributed by atoms with van der Waals surface area (Å²) in [5.41, 5.74) is 1.32. The van der Waals surface area contributed by atoms with Crippen LogP contribution >= 0.6 is 0 Å². The van der Waals surface area contributed by atoms with E-state index in [9.17, 15) is 0 Å². The Labute approximate surface area is 195 Å². The predicted octanol–water partition coefficient (Wildman–Crippen LogP) is 6.97. The summed E-state index contributed by atoms with van der Waals surface area (Å²) in [6.07, 6.45) is 7.34. The van der Waals surface area contributed by atoms with E-state index in [1.54, 1.807) is 7.11 Å². The molecule has 0 N–H and O–H groups in total. The van der Waals surface area contributed by atoms with Crippen LogP contribution in [0.4, 0.5) is 0 Å². The quantitative estimate of drug-likeness (QED) is 0.258. The van der Waals surface area contributed by atoms with Crippen LogP contribution in [0, 0.1) is 0 Å². The molecule has 32 heavy (non-hydrogen) atoms. The molecule has 0 aromatic heterocycles. The molecule has 0 fully saturated rings. The molecule has 3 rings (SSSR count). The summed E-state index contributed by atoms with van der Waals surface area (Å²) in [5, 5.41) is 3.20. The van der Waals surface area contributed by atoms with Crippen molar-refractivity contribution in [2.45, 2.75) is 44.2 Å². The van der Waals surface area contributed by atoms with Crippen molar-refractivity contribution in [3.8, 4) is 5.75 Å². The van der Waals surface area contributed by atoms with Crippen LogP contribution in [-0.2, 0) is 0 Å². The maximum Gasteiger partial charge on any atom is 0.123 e. The zero-order valence-electron chi connectivity index (χ0n) is 19.9. The molecule has 0 spiro atoms. The third-order valence-electron chi connectivity index (χ3n) is 6.67. The van der Waals surface area contributed by atoms with Gasteiger partial charge < -0.3 is 4.74 Å². The van der Waals surface area contributed by atoms with E-state index in [1.165, 1.54) is 22.0 Å². The third kappa shape index (κ3) is 5.13. The van der Waals surface area contributed by atoms with Gasteiger partial charge in [-0.3, -0.25) is 0 Å². The van der Waals surface area contributed by atoms with Crippen LogP contribution in [0.25, 0.3) is 0 Å². The molecular formula is C30H36OSi. The predicted molar refractivity (Wildman–Crippen MR) is 142 cm³/mol. The van der Waals surface area contributed by atoms with Gasteiger partial charge in [-0.05, 0) is 35.2 Å². The van der Waals surface area contributed by atoms with Gasteiger partial charge in [0, 0.05) is 5.92 Å². The number of hydrogen-bond acceptors (Lipinski definition) is 1. The summed E-state index contributed by atoms with van der Waals surface area (Å²) >= 11 is 0. The molecule has 1 atom stereocenters. The number of rotatable bonds is 9. The van der Waals surface area contributed by atoms with E-state index in [4.69, 9.17) is 4.74 Å². The van der Waals surface area contributed by atoms with Crippen molar-refractivity contribution in [3.63, 3.8) is 0 Å². The van der Waals surface area contributed by atoms with Gasteiger partial charge in [-0.25, -0.2) is 0 Å². The van der Waals surface area contributed by atoms with Gasteiger partial charge in [-0.1, -0.05) is 129 Å². The van der Waals surface area contributed by atoms with Gasteiger partial charge in [0.15, 0.2) is 0 Å². The smallest absolute Gasteiger partial charge is 0.123 e. The minimum atomic E-state index is -2.09. The second kappa shape index (κ2) is 10.6. The lowest BCUT2D eigenvalue weighted by atomic mass is 9.96. The van der Waals surface area contributed by atoms with Crippen molar-refractivity contribution in [2.24, 2.45) is 0 Å². The molecule has 2 heteroatoms. The molecule has 0 aliphatic heterocycles. The maximum atomic E-state index is 5.38. The Morgan fingerprint density at radius 1 is 0.844 bits per heavy atom. The lowest BCUT2D eigenvalue weighted by molar-refractivity contribution is 0.414. The van der Waals surface area contributed by atoms with E-state index in [0.717, 1.165) is 12.2 Å². The SMILES string of the molecule is C=C/C=C/C(CC[Si](c1ccccc1)(c1ccccc1)C(C)(C)C)c1ccc(OC)cc1. The van der Waals surface area contributed by atoms with Gasteiger partial charge >= 0.3 is 0 Å². The standard InChI is InChI=1S/C30H36OSi/c1-6-7-14-25(26-19-21-27(31-5)22-20-26)23-24-32(30(2,3)4,28-15-10-8-11-16-28)29-17-12-9-13-18-29/h6-22,25H,1,23-24H2,2-5H3/b14-7+. The lowest BCUT2D eigenvalue weighted by Crippen LogP contribution is -2.64. The fourth-order valence-electron chi connectivity index (χ4n) is 4.95. The number of hydrogen-bond donors (Lipinski definition) is 0. The van der Waals surface area contributed by atoms with Gasteiger partial charge in [0.1, 0.15) is 13.8 Å². The Bertz CT molecular complexity index is 959. The van der Waals surface area contributed by atoms with Crippen LogP contribution in [0.15, 0.2) is 110 Å². The molecule has 166 valence electrons. The van der Waals surface area contributed by atoms with E-state index >= 15 is 0 Å². The van der Waals surface area contributed by atoms with Crippen LogP contribution in [-0.4, -0.2) is 15.2 Å². The Morgan fingerprint density at radius 3 is 1.81 bits per heavy atom. The highest BCUT2D eigenvalue weighted by Gasteiger charge is 2.47. The second-order valence-electron chi connectivity index (χ2n) is 9.43. The largest absolute Gasteiger partial charge is 0.497 e. The highest BCUT2D eigenvalue weighted by atomic mass is 28.3. The number of methoxy groups -OCH3 is 1. The van der Waals surface area contributed by atoms with Crippen LogP contribution < -0.4 is 15.1 Å². The minimum Gasteiger partial charge on any atom is -0.497 e. The van der Waals surface area contributed by atoms with E-state index in [0.29, 0.717) is 5.92 Å². The van der Waals surface area contributed by atoms with Gasteiger partial charge in [0.2, 0.25) is 0 Å². The fraction of sp³-hybridized carbons (Fsp3) is 0.267. The van der Waals surface area contributed by atoms with Crippen molar-refractivity contribution in [1.29, 1.82) is 0 Å². The fourth-order valence-corrected chi connectivity index (χ4v) is 10.6. The average Bonchev–Trinajstić information content (AvgIpc) is 2.82. The molecule has 0 saturated heterocycles. The lowest BCUT2D eigenvalue weighted by Gasteiger charge is -2.45. The second-order valence-corrected chi connectivity index (χ2v) is 14.4. The average molecular weight is 441 g/mol. The van der Waals surface area contributed by atoms with Crippen LogP contribution in [0.2, 0.25) is 11.1 Å². The van der Waals surface area contributed by atoms with Gasteiger partial charge in [-0.15, -0.1) is 0 Å². The molecule has 0 bridgehead atoms. The van der Waals surface area contributed by atoms with Crippen LogP contribution in [0.5, 0.6) is 5.75 Å². The Hall–Kier alpha value is -2.84. The van der Waals surface area contributed by atoms with Gasteiger partial charge in [0.25, 0.3) is 0 Å². The summed E-state index contributed by atoms with van der Waals surface area (Å²) in [5.74, 6) is 1.23. The Morgan fingerprint density at radius 2 is 1.38 bits per heavy atom. The number of ether oxygens (including phenoxy) is 1. The van der Waals surface area contributed by atoms with Crippen molar-refractivity contribution >= 4 is 18.4 Å². The highest BCUT2D eigenvalue weighted by Crippen LogP contribution is 2.41. The molecule has 0 saturated carbocycles. The molecule has 3 aromatic rings. The van der Waals surface area contributed by atoms with E-state index in [1.807, 2.05) is 6.08 Å². The summed E-state index contributed by atoms with van der Waals surface area (Å²) in [6.45, 7) is 11.2. The molecule has 3 aromatic carbocycles. The topological polar surface area (TPSA) is 9.23 Å². The molecule has 0 aliphatic carbocycles. The normalized spacial score (nSPS) is 13.1. The van der Waals surface area contributed by atoms with Crippen molar-refractivity contribution in [1.82, 2.24) is 0 Å². The molecule has 1 unspecified atom stereocenters. The summed E-state index contributed by atoms with van der Waals surface area (Å²) < 4.78 is 5.38. The van der Waals surface area contributed by atoms with E-state index in [-0.39, 0.29) is 5.04 Å². The Kier molecular flexibility index (Phi) is 7.93. The van der Waals surface area contributed by atoms with E-state index < -0.39 is 8.07 Å². The molecule has 0 aliphatic rings. The number of benzene rings is 3. The molecule has 0 radical (unpaired) electrons. The first-order valence-electron chi connectivity index (χ1n) is 11.5. The monoisotopic (exact) mass is 440 g/mol. The van der Waals surface area contributed by atoms with E-state index in [2.05, 4.69) is 124 Å². The number of allylic oxidation sites excluding steroid dienone is 3. The van der Waals surface area contributed by atoms with Crippen molar-refractivity contribution < 1.29 is 4.74 Å². The van der Waals surface area contributed by atoms with Crippen molar-refractivity contribution in [2.75, 3.05) is 7.11 Å². The highest BCUT2D eigenvalue weighted by molar-refractivity contribution is 7.04. The van der Waals surface area contributed by atoms with Crippen LogP contribution in [0.1, 0.15) is 38.7 Å². The summed E-state index contributed by atoms with van der Waals surface area (Å²) in [6, 6.07) is 32.2. The van der Waals surface area contributed by atoms with Crippen LogP contribution in [0.3, 0.4) is 0 Å². The summed E-state index contributed by atoms with van der Waals surface area (Å²) in [7, 11) is -0.371. The zero-order valence-corrected chi connectivity index (χ0v) is 20.9. The maximum absolute atomic E-state index is 5.38. The van der Waals surface area contributed by atoms with Crippen molar-refractivity contribution in [3.05, 3.63) is 115 Å². The molecule has 0 amide bonds. The molecular weight excluding hydrogens is 404 g/mol. The first kappa shape index (κ1) is 23.8. The molecule has 0 heterocycles. The minimum absolute atomic E-state index is 0.169. The zero-order chi connectivity index (χ0) is 23.0. The summed E-state index contributed by atoms with van der Waals surface area (Å²) in [4.78, 5) is 0. The Balaban J connectivity index is 2.06. The van der Waals surface area contributed by atoms with Gasteiger partial charge in [-0.2, -0.15) is 0 Å². The van der Waals surface area contributed by atoms with Gasteiger partial charge in [0.05, 0.1) is 7.11 Å². The first-order valence-corrected chi connectivity index (χ1v) is 13.7. The first-order chi connectivity index (χ1) is 15.4. The molecule has 1 nitrogen and oxygen atoms in total. The third-order valence-corrected chi connectivity index (χ3v) is 12.9.